The van der Waals surface area contributed by atoms with Crippen LogP contribution in [-0.4, -0.2) is 52.9 Å². The highest BCUT2D eigenvalue weighted by atomic mass is 35.5. The van der Waals surface area contributed by atoms with Gasteiger partial charge in [-0.1, -0.05) is 11.6 Å². The monoisotopic (exact) mass is 508 g/mol. The van der Waals surface area contributed by atoms with Crippen LogP contribution < -0.4 is 15.4 Å². The smallest absolute Gasteiger partial charge is 0.229 e. The highest BCUT2D eigenvalue weighted by Gasteiger charge is 2.48. The molecule has 2 aromatic carbocycles. The minimum Gasteiger partial charge on any atom is -0.490 e. The van der Waals surface area contributed by atoms with Crippen LogP contribution in [0.1, 0.15) is 12.8 Å². The van der Waals surface area contributed by atoms with E-state index in [2.05, 4.69) is 30.5 Å². The summed E-state index contributed by atoms with van der Waals surface area (Å²) in [5.74, 6) is 1.32. The third-order valence-corrected chi connectivity index (χ3v) is 6.55. The number of methoxy groups -OCH3 is 1. The molecule has 4 aromatic rings. The molecule has 186 valence electrons. The standard InChI is InChI=1S/C26H26ClFN6O2/c1-34(2)26(35-3)13-21(14-26)36-20-6-4-18(5-7-20)32-25-29-9-8-23(33-25)31-19-11-16-10-17(27)12-22(28)24(16)30-15-19/h4-12,15,21H,13-14H2,1-3H3,(H2,29,31,32,33). The molecule has 0 saturated heterocycles. The summed E-state index contributed by atoms with van der Waals surface area (Å²) in [6, 6.07) is 14.1. The predicted molar refractivity (Wildman–Crippen MR) is 139 cm³/mol. The van der Waals surface area contributed by atoms with Gasteiger partial charge in [0.1, 0.15) is 28.9 Å². The number of hydrogen-bond donors (Lipinski definition) is 2. The first kappa shape index (κ1) is 24.2. The van der Waals surface area contributed by atoms with Crippen molar-refractivity contribution in [2.75, 3.05) is 31.8 Å². The second kappa shape index (κ2) is 9.85. The average Bonchev–Trinajstić information content (AvgIpc) is 2.82. The fourth-order valence-electron chi connectivity index (χ4n) is 4.26. The molecule has 1 aliphatic rings. The summed E-state index contributed by atoms with van der Waals surface area (Å²) in [6.07, 6.45) is 4.94. The third-order valence-electron chi connectivity index (χ3n) is 6.33. The molecule has 10 heteroatoms. The Balaban J connectivity index is 1.21. The molecular formula is C26H26ClFN6O2. The predicted octanol–water partition coefficient (Wildman–Crippen LogP) is 5.75. The molecule has 0 unspecified atom stereocenters. The Hall–Kier alpha value is -3.53. The maximum atomic E-state index is 14.0. The normalized spacial score (nSPS) is 19.2. The summed E-state index contributed by atoms with van der Waals surface area (Å²) in [5, 5.41) is 7.27. The van der Waals surface area contributed by atoms with Crippen molar-refractivity contribution in [1.29, 1.82) is 0 Å². The van der Waals surface area contributed by atoms with Gasteiger partial charge in [0.2, 0.25) is 5.95 Å². The molecule has 0 atom stereocenters. The van der Waals surface area contributed by atoms with Gasteiger partial charge in [0.05, 0.1) is 11.9 Å². The van der Waals surface area contributed by atoms with Gasteiger partial charge in [-0.3, -0.25) is 9.88 Å². The first-order valence-corrected chi connectivity index (χ1v) is 11.8. The zero-order valence-electron chi connectivity index (χ0n) is 20.1. The quantitative estimate of drug-likeness (QED) is 0.291. The molecule has 1 aliphatic carbocycles. The molecule has 0 aliphatic heterocycles. The third kappa shape index (κ3) is 5.04. The number of halogens is 2. The summed E-state index contributed by atoms with van der Waals surface area (Å²) in [4.78, 5) is 15.1. The Morgan fingerprint density at radius 2 is 1.81 bits per heavy atom. The van der Waals surface area contributed by atoms with E-state index in [4.69, 9.17) is 21.1 Å². The number of anilines is 4. The van der Waals surface area contributed by atoms with Gasteiger partial charge in [-0.05, 0) is 62.6 Å². The molecule has 0 amide bonds. The lowest BCUT2D eigenvalue weighted by Crippen LogP contribution is -2.59. The fourth-order valence-corrected chi connectivity index (χ4v) is 4.48. The number of pyridine rings is 1. The highest BCUT2D eigenvalue weighted by molar-refractivity contribution is 6.31. The average molecular weight is 509 g/mol. The number of fused-ring (bicyclic) bond motifs is 1. The summed E-state index contributed by atoms with van der Waals surface area (Å²) in [6.45, 7) is 0. The van der Waals surface area contributed by atoms with Gasteiger partial charge in [-0.15, -0.1) is 0 Å². The molecule has 5 rings (SSSR count). The van der Waals surface area contributed by atoms with Crippen LogP contribution >= 0.6 is 11.6 Å². The van der Waals surface area contributed by atoms with Gasteiger partial charge in [0, 0.05) is 42.2 Å². The summed E-state index contributed by atoms with van der Waals surface area (Å²) in [5.41, 5.74) is 1.49. The Morgan fingerprint density at radius 3 is 2.53 bits per heavy atom. The molecule has 0 spiro atoms. The molecule has 1 fully saturated rings. The highest BCUT2D eigenvalue weighted by Crippen LogP contribution is 2.39. The number of benzene rings is 2. The van der Waals surface area contributed by atoms with Crippen molar-refractivity contribution in [1.82, 2.24) is 19.9 Å². The molecule has 0 radical (unpaired) electrons. The van der Waals surface area contributed by atoms with E-state index < -0.39 is 5.82 Å². The van der Waals surface area contributed by atoms with Crippen molar-refractivity contribution in [3.63, 3.8) is 0 Å². The number of nitrogens with zero attached hydrogens (tertiary/aromatic N) is 4. The van der Waals surface area contributed by atoms with Crippen molar-refractivity contribution in [2.45, 2.75) is 24.7 Å². The Labute approximate surface area is 213 Å². The van der Waals surface area contributed by atoms with Gasteiger partial charge < -0.3 is 20.1 Å². The van der Waals surface area contributed by atoms with Crippen molar-refractivity contribution < 1.29 is 13.9 Å². The molecule has 2 heterocycles. The number of nitrogens with one attached hydrogen (secondary N) is 2. The van der Waals surface area contributed by atoms with Crippen molar-refractivity contribution >= 4 is 45.6 Å². The number of rotatable bonds is 8. The van der Waals surface area contributed by atoms with Crippen molar-refractivity contribution in [2.24, 2.45) is 0 Å². The van der Waals surface area contributed by atoms with Gasteiger partial charge >= 0.3 is 0 Å². The number of ether oxygens (including phenoxy) is 2. The van der Waals surface area contributed by atoms with Gasteiger partial charge in [-0.2, -0.15) is 4.98 Å². The minimum absolute atomic E-state index is 0.120. The molecule has 8 nitrogen and oxygen atoms in total. The van der Waals surface area contributed by atoms with Crippen LogP contribution in [-0.2, 0) is 4.74 Å². The largest absolute Gasteiger partial charge is 0.490 e. The van der Waals surface area contributed by atoms with Crippen LogP contribution in [0.2, 0.25) is 5.02 Å². The van der Waals surface area contributed by atoms with E-state index in [1.807, 2.05) is 38.4 Å². The topological polar surface area (TPSA) is 84.4 Å². The fraction of sp³-hybridized carbons (Fsp3) is 0.269. The maximum absolute atomic E-state index is 14.0. The lowest BCUT2D eigenvalue weighted by Gasteiger charge is -2.50. The van der Waals surface area contributed by atoms with Crippen LogP contribution in [0.4, 0.5) is 27.5 Å². The minimum atomic E-state index is -0.460. The Kier molecular flexibility index (Phi) is 6.61. The first-order valence-electron chi connectivity index (χ1n) is 11.4. The van der Waals surface area contributed by atoms with Crippen LogP contribution in [0.5, 0.6) is 5.75 Å². The van der Waals surface area contributed by atoms with Gasteiger partial charge in [0.15, 0.2) is 5.82 Å². The van der Waals surface area contributed by atoms with E-state index in [-0.39, 0.29) is 17.3 Å². The molecule has 0 bridgehead atoms. The molecule has 2 N–H and O–H groups in total. The van der Waals surface area contributed by atoms with E-state index in [0.29, 0.717) is 27.9 Å². The Morgan fingerprint density at radius 1 is 1.03 bits per heavy atom. The summed E-state index contributed by atoms with van der Waals surface area (Å²) >= 11 is 5.98. The van der Waals surface area contributed by atoms with E-state index in [1.54, 1.807) is 37.7 Å². The van der Waals surface area contributed by atoms with Crippen LogP contribution in [0, 0.1) is 5.82 Å². The van der Waals surface area contributed by atoms with E-state index in [9.17, 15) is 4.39 Å². The van der Waals surface area contributed by atoms with Gasteiger partial charge in [-0.25, -0.2) is 9.37 Å². The molecule has 36 heavy (non-hydrogen) atoms. The number of hydrogen-bond acceptors (Lipinski definition) is 8. The summed E-state index contributed by atoms with van der Waals surface area (Å²) in [7, 11) is 5.77. The summed E-state index contributed by atoms with van der Waals surface area (Å²) < 4.78 is 25.8. The number of aromatic nitrogens is 3. The van der Waals surface area contributed by atoms with Crippen LogP contribution in [0.3, 0.4) is 0 Å². The van der Waals surface area contributed by atoms with E-state index >= 15 is 0 Å². The van der Waals surface area contributed by atoms with Crippen molar-refractivity contribution in [3.05, 3.63) is 71.8 Å². The van der Waals surface area contributed by atoms with Gasteiger partial charge in [0.25, 0.3) is 0 Å². The first-order chi connectivity index (χ1) is 17.3. The lowest BCUT2D eigenvalue weighted by atomic mass is 9.83. The molecule has 2 aromatic heterocycles. The van der Waals surface area contributed by atoms with Crippen molar-refractivity contribution in [3.8, 4) is 5.75 Å². The zero-order valence-corrected chi connectivity index (χ0v) is 20.9. The van der Waals surface area contributed by atoms with E-state index in [0.717, 1.165) is 24.3 Å². The Bertz CT molecular complexity index is 1380. The second-order valence-electron chi connectivity index (χ2n) is 8.92. The SMILES string of the molecule is COC1(N(C)C)CC(Oc2ccc(Nc3nccc(Nc4cnc5c(F)cc(Cl)cc5c4)n3)cc2)C1. The van der Waals surface area contributed by atoms with E-state index in [1.165, 1.54) is 6.07 Å². The van der Waals surface area contributed by atoms with Crippen LogP contribution in [0.25, 0.3) is 10.9 Å². The lowest BCUT2D eigenvalue weighted by molar-refractivity contribution is -0.204. The molecule has 1 saturated carbocycles. The molecular weight excluding hydrogens is 483 g/mol. The second-order valence-corrected chi connectivity index (χ2v) is 9.35. The van der Waals surface area contributed by atoms with Crippen LogP contribution in [0.15, 0.2) is 60.9 Å². The zero-order chi connectivity index (χ0) is 25.3. The maximum Gasteiger partial charge on any atom is 0.229 e.